The standard InChI is InChI=1S/C13H17N3O2S2/c14-13(19)12-5-4-11(6-15-12)20(17,18)16-7-9-2-1-3-10(9)8-16/h4-6,9-10H,1-3,7-8H2,(H2,14,19). The Morgan fingerprint density at radius 3 is 2.45 bits per heavy atom. The molecule has 5 nitrogen and oxygen atoms in total. The number of nitrogens with two attached hydrogens (primary N) is 1. The Kier molecular flexibility index (Phi) is 3.51. The van der Waals surface area contributed by atoms with Crippen LogP contribution in [0.4, 0.5) is 0 Å². The maximum absolute atomic E-state index is 12.6. The largest absolute Gasteiger partial charge is 0.388 e. The van der Waals surface area contributed by atoms with E-state index < -0.39 is 10.0 Å². The highest BCUT2D eigenvalue weighted by atomic mass is 32.2. The maximum atomic E-state index is 12.6. The Morgan fingerprint density at radius 1 is 1.30 bits per heavy atom. The summed E-state index contributed by atoms with van der Waals surface area (Å²) < 4.78 is 26.7. The van der Waals surface area contributed by atoms with Crippen LogP contribution in [0, 0.1) is 11.8 Å². The van der Waals surface area contributed by atoms with Crippen molar-refractivity contribution < 1.29 is 8.42 Å². The number of aromatic nitrogens is 1. The van der Waals surface area contributed by atoms with Gasteiger partial charge in [-0.1, -0.05) is 18.6 Å². The summed E-state index contributed by atoms with van der Waals surface area (Å²) in [4.78, 5) is 4.41. The fourth-order valence-electron chi connectivity index (χ4n) is 3.22. The molecular weight excluding hydrogens is 294 g/mol. The van der Waals surface area contributed by atoms with Gasteiger partial charge >= 0.3 is 0 Å². The molecule has 1 aromatic heterocycles. The van der Waals surface area contributed by atoms with Crippen LogP contribution in [0.1, 0.15) is 25.0 Å². The van der Waals surface area contributed by atoms with Gasteiger partial charge in [0.25, 0.3) is 0 Å². The predicted molar refractivity (Wildman–Crippen MR) is 79.7 cm³/mol. The molecule has 2 heterocycles. The van der Waals surface area contributed by atoms with E-state index in [0.717, 1.165) is 12.8 Å². The van der Waals surface area contributed by atoms with Gasteiger partial charge in [0, 0.05) is 19.3 Å². The molecule has 1 aliphatic heterocycles. The number of fused-ring (bicyclic) bond motifs is 1. The lowest BCUT2D eigenvalue weighted by atomic mass is 10.0. The molecule has 1 saturated carbocycles. The first kappa shape index (κ1) is 13.9. The molecule has 2 aliphatic rings. The molecule has 0 spiro atoms. The Balaban J connectivity index is 1.83. The third-order valence-corrected chi connectivity index (χ3v) is 6.34. The van der Waals surface area contributed by atoms with Crippen molar-refractivity contribution in [1.29, 1.82) is 0 Å². The van der Waals surface area contributed by atoms with Crippen molar-refractivity contribution in [3.05, 3.63) is 24.0 Å². The van der Waals surface area contributed by atoms with E-state index in [4.69, 9.17) is 18.0 Å². The van der Waals surface area contributed by atoms with Crippen molar-refractivity contribution in [3.63, 3.8) is 0 Å². The highest BCUT2D eigenvalue weighted by Gasteiger charge is 2.41. The number of hydrogen-bond acceptors (Lipinski definition) is 4. The van der Waals surface area contributed by atoms with Crippen LogP contribution in [0.15, 0.2) is 23.2 Å². The second kappa shape index (κ2) is 5.05. The van der Waals surface area contributed by atoms with Crippen molar-refractivity contribution >= 4 is 27.2 Å². The molecule has 0 bridgehead atoms. The van der Waals surface area contributed by atoms with E-state index in [1.807, 2.05) is 0 Å². The van der Waals surface area contributed by atoms with E-state index >= 15 is 0 Å². The molecule has 2 atom stereocenters. The molecule has 0 radical (unpaired) electrons. The fraction of sp³-hybridized carbons (Fsp3) is 0.538. The number of rotatable bonds is 3. The normalized spacial score (nSPS) is 26.6. The number of sulfonamides is 1. The highest BCUT2D eigenvalue weighted by molar-refractivity contribution is 7.89. The lowest BCUT2D eigenvalue weighted by Gasteiger charge is -2.17. The van der Waals surface area contributed by atoms with E-state index in [-0.39, 0.29) is 9.88 Å². The molecule has 2 unspecified atom stereocenters. The van der Waals surface area contributed by atoms with Crippen LogP contribution in [0.5, 0.6) is 0 Å². The highest BCUT2D eigenvalue weighted by Crippen LogP contribution is 2.39. The average Bonchev–Trinajstić information content (AvgIpc) is 2.99. The predicted octanol–water partition coefficient (Wildman–Crippen LogP) is 1.14. The van der Waals surface area contributed by atoms with Gasteiger partial charge in [-0.25, -0.2) is 8.42 Å². The van der Waals surface area contributed by atoms with Crippen LogP contribution in [0.2, 0.25) is 0 Å². The molecule has 2 fully saturated rings. The Labute approximate surface area is 124 Å². The quantitative estimate of drug-likeness (QED) is 0.847. The van der Waals surface area contributed by atoms with Gasteiger partial charge < -0.3 is 5.73 Å². The van der Waals surface area contributed by atoms with E-state index in [1.165, 1.54) is 18.7 Å². The van der Waals surface area contributed by atoms with Crippen molar-refractivity contribution in [2.45, 2.75) is 24.2 Å². The smallest absolute Gasteiger partial charge is 0.244 e. The third kappa shape index (κ3) is 2.34. The molecule has 0 aromatic carbocycles. The zero-order chi connectivity index (χ0) is 14.3. The van der Waals surface area contributed by atoms with Crippen molar-refractivity contribution in [2.24, 2.45) is 17.6 Å². The van der Waals surface area contributed by atoms with Gasteiger partial charge in [-0.05, 0) is 36.8 Å². The van der Waals surface area contributed by atoms with Gasteiger partial charge in [-0.15, -0.1) is 0 Å². The zero-order valence-corrected chi connectivity index (χ0v) is 12.7. The van der Waals surface area contributed by atoms with Gasteiger partial charge in [0.15, 0.2) is 0 Å². The van der Waals surface area contributed by atoms with E-state index in [1.54, 1.807) is 10.4 Å². The molecule has 1 saturated heterocycles. The first-order valence-electron chi connectivity index (χ1n) is 6.74. The molecular formula is C13H17N3O2S2. The summed E-state index contributed by atoms with van der Waals surface area (Å²) >= 11 is 4.82. The van der Waals surface area contributed by atoms with Crippen LogP contribution in [-0.2, 0) is 10.0 Å². The van der Waals surface area contributed by atoms with Crippen molar-refractivity contribution in [2.75, 3.05) is 13.1 Å². The third-order valence-electron chi connectivity index (χ3n) is 4.32. The minimum atomic E-state index is -3.44. The molecule has 2 N–H and O–H groups in total. The van der Waals surface area contributed by atoms with E-state index in [2.05, 4.69) is 4.98 Å². The summed E-state index contributed by atoms with van der Waals surface area (Å²) in [5.74, 6) is 1.07. The van der Waals surface area contributed by atoms with Gasteiger partial charge in [0.2, 0.25) is 10.0 Å². The van der Waals surface area contributed by atoms with Gasteiger partial charge in [0.1, 0.15) is 9.88 Å². The lowest BCUT2D eigenvalue weighted by Crippen LogP contribution is -2.29. The second-order valence-electron chi connectivity index (χ2n) is 5.52. The fourth-order valence-corrected chi connectivity index (χ4v) is 4.84. The van der Waals surface area contributed by atoms with Crippen LogP contribution >= 0.6 is 12.2 Å². The van der Waals surface area contributed by atoms with Crippen molar-refractivity contribution in [3.8, 4) is 0 Å². The minimum Gasteiger partial charge on any atom is -0.388 e. The Hall–Kier alpha value is -1.05. The minimum absolute atomic E-state index is 0.171. The molecule has 3 rings (SSSR count). The number of thiocarbonyl (C=S) groups is 1. The lowest BCUT2D eigenvalue weighted by molar-refractivity contribution is 0.445. The summed E-state index contributed by atoms with van der Waals surface area (Å²) in [5.41, 5.74) is 5.91. The first-order chi connectivity index (χ1) is 9.48. The van der Waals surface area contributed by atoms with Crippen LogP contribution in [-0.4, -0.2) is 35.8 Å². The summed E-state index contributed by atoms with van der Waals surface area (Å²) in [6.45, 7) is 1.29. The van der Waals surface area contributed by atoms with Gasteiger partial charge in [-0.2, -0.15) is 4.31 Å². The monoisotopic (exact) mass is 311 g/mol. The Bertz CT molecular complexity index is 616. The van der Waals surface area contributed by atoms with E-state index in [9.17, 15) is 8.42 Å². The summed E-state index contributed by atoms with van der Waals surface area (Å²) in [6.07, 6.45) is 4.87. The number of pyridine rings is 1. The number of nitrogens with zero attached hydrogens (tertiary/aromatic N) is 2. The zero-order valence-electron chi connectivity index (χ0n) is 11.0. The summed E-state index contributed by atoms with van der Waals surface area (Å²) in [7, 11) is -3.44. The summed E-state index contributed by atoms with van der Waals surface area (Å²) in [5, 5.41) is 0. The average molecular weight is 311 g/mol. The van der Waals surface area contributed by atoms with Gasteiger partial charge in [0.05, 0.1) is 5.69 Å². The van der Waals surface area contributed by atoms with Crippen LogP contribution in [0.3, 0.4) is 0 Å². The molecule has 1 aromatic rings. The Morgan fingerprint density at radius 2 is 1.95 bits per heavy atom. The summed E-state index contributed by atoms with van der Waals surface area (Å²) in [6, 6.07) is 3.09. The topological polar surface area (TPSA) is 76.3 Å². The first-order valence-corrected chi connectivity index (χ1v) is 8.59. The maximum Gasteiger partial charge on any atom is 0.244 e. The van der Waals surface area contributed by atoms with Gasteiger partial charge in [-0.3, -0.25) is 4.98 Å². The number of hydrogen-bond donors (Lipinski definition) is 1. The van der Waals surface area contributed by atoms with Crippen LogP contribution < -0.4 is 5.73 Å². The molecule has 0 amide bonds. The molecule has 108 valence electrons. The molecule has 20 heavy (non-hydrogen) atoms. The molecule has 7 heteroatoms. The van der Waals surface area contributed by atoms with Crippen molar-refractivity contribution in [1.82, 2.24) is 9.29 Å². The second-order valence-corrected chi connectivity index (χ2v) is 7.89. The molecule has 1 aliphatic carbocycles. The van der Waals surface area contributed by atoms with Crippen LogP contribution in [0.25, 0.3) is 0 Å². The SMILES string of the molecule is NC(=S)c1ccc(S(=O)(=O)N2CC3CCCC3C2)cn1. The van der Waals surface area contributed by atoms with E-state index in [0.29, 0.717) is 30.6 Å².